The number of benzene rings is 1. The topological polar surface area (TPSA) is 42.1 Å². The zero-order valence-corrected chi connectivity index (χ0v) is 12.4. The van der Waals surface area contributed by atoms with Gasteiger partial charge in [0, 0.05) is 30.7 Å². The number of pyridine rings is 1. The lowest BCUT2D eigenvalue weighted by atomic mass is 9.84. The van der Waals surface area contributed by atoms with Gasteiger partial charge >= 0.3 is 0 Å². The van der Waals surface area contributed by atoms with Crippen LogP contribution in [0, 0.1) is 5.41 Å². The fourth-order valence-electron chi connectivity index (χ4n) is 3.21. The van der Waals surface area contributed by atoms with Crippen LogP contribution in [0.5, 0.6) is 0 Å². The highest BCUT2D eigenvalue weighted by atomic mass is 15.1. The quantitative estimate of drug-likeness (QED) is 0.909. The Morgan fingerprint density at radius 1 is 1.30 bits per heavy atom. The molecule has 2 N–H and O–H groups in total. The maximum atomic E-state index is 5.81. The van der Waals surface area contributed by atoms with Crippen LogP contribution in [0.2, 0.25) is 0 Å². The van der Waals surface area contributed by atoms with Gasteiger partial charge in [0.1, 0.15) is 0 Å². The Hall–Kier alpha value is -1.61. The molecule has 3 rings (SSSR count). The van der Waals surface area contributed by atoms with E-state index in [1.54, 1.807) is 0 Å². The first kappa shape index (κ1) is 13.4. The maximum absolute atomic E-state index is 5.81. The summed E-state index contributed by atoms with van der Waals surface area (Å²) >= 11 is 0. The van der Waals surface area contributed by atoms with E-state index >= 15 is 0 Å². The predicted molar refractivity (Wildman–Crippen MR) is 84.9 cm³/mol. The SMILES string of the molecule is CC1(C)CCCN(c2cc(CN)nc3ccccc23)C1. The van der Waals surface area contributed by atoms with Crippen LogP contribution in [0.15, 0.2) is 30.3 Å². The molecule has 0 saturated carbocycles. The van der Waals surface area contributed by atoms with Gasteiger partial charge in [-0.05, 0) is 30.4 Å². The first-order valence-corrected chi connectivity index (χ1v) is 7.43. The summed E-state index contributed by atoms with van der Waals surface area (Å²) in [4.78, 5) is 7.14. The van der Waals surface area contributed by atoms with Gasteiger partial charge in [-0.1, -0.05) is 32.0 Å². The van der Waals surface area contributed by atoms with Crippen molar-refractivity contribution in [2.24, 2.45) is 11.1 Å². The van der Waals surface area contributed by atoms with Crippen molar-refractivity contribution in [3.8, 4) is 0 Å². The van der Waals surface area contributed by atoms with Crippen LogP contribution < -0.4 is 10.6 Å². The Balaban J connectivity index is 2.09. The van der Waals surface area contributed by atoms with Crippen LogP contribution in [-0.2, 0) is 6.54 Å². The highest BCUT2D eigenvalue weighted by Crippen LogP contribution is 2.34. The molecule has 1 aromatic heterocycles. The van der Waals surface area contributed by atoms with E-state index in [4.69, 9.17) is 5.73 Å². The van der Waals surface area contributed by atoms with Crippen LogP contribution in [0.1, 0.15) is 32.4 Å². The minimum Gasteiger partial charge on any atom is -0.370 e. The van der Waals surface area contributed by atoms with Crippen molar-refractivity contribution < 1.29 is 0 Å². The average Bonchev–Trinajstić information content (AvgIpc) is 2.45. The number of piperidine rings is 1. The third-order valence-corrected chi connectivity index (χ3v) is 4.20. The van der Waals surface area contributed by atoms with Gasteiger partial charge in [-0.25, -0.2) is 0 Å². The summed E-state index contributed by atoms with van der Waals surface area (Å²) in [5.74, 6) is 0. The molecule has 0 radical (unpaired) electrons. The van der Waals surface area contributed by atoms with Crippen LogP contribution >= 0.6 is 0 Å². The van der Waals surface area contributed by atoms with Crippen molar-refractivity contribution in [1.82, 2.24) is 4.98 Å². The summed E-state index contributed by atoms with van der Waals surface area (Å²) in [6, 6.07) is 10.5. The summed E-state index contributed by atoms with van der Waals surface area (Å²) < 4.78 is 0. The molecule has 0 unspecified atom stereocenters. The lowest BCUT2D eigenvalue weighted by Gasteiger charge is -2.40. The van der Waals surface area contributed by atoms with Crippen LogP contribution in [0.3, 0.4) is 0 Å². The van der Waals surface area contributed by atoms with Gasteiger partial charge in [0.25, 0.3) is 0 Å². The second-order valence-electron chi connectivity index (χ2n) is 6.54. The monoisotopic (exact) mass is 269 g/mol. The van der Waals surface area contributed by atoms with E-state index in [9.17, 15) is 0 Å². The lowest BCUT2D eigenvalue weighted by molar-refractivity contribution is 0.293. The molecule has 1 aromatic carbocycles. The smallest absolute Gasteiger partial charge is 0.0726 e. The molecular formula is C17H23N3. The standard InChI is InChI=1S/C17H23N3/c1-17(2)8-5-9-20(12-17)16-10-13(11-18)19-15-7-4-3-6-14(15)16/h3-4,6-7,10H,5,8-9,11-12,18H2,1-2H3. The minimum atomic E-state index is 0.380. The molecule has 3 heteroatoms. The Kier molecular flexibility index (Phi) is 3.38. The Morgan fingerprint density at radius 2 is 2.10 bits per heavy atom. The highest BCUT2D eigenvalue weighted by Gasteiger charge is 2.27. The number of nitrogens with zero attached hydrogens (tertiary/aromatic N) is 2. The Labute approximate surface area is 120 Å². The molecule has 0 aliphatic carbocycles. The van der Waals surface area contributed by atoms with Gasteiger partial charge in [0.05, 0.1) is 11.2 Å². The highest BCUT2D eigenvalue weighted by molar-refractivity contribution is 5.92. The average molecular weight is 269 g/mol. The molecule has 1 fully saturated rings. The molecule has 1 saturated heterocycles. The van der Waals surface area contributed by atoms with Crippen molar-refractivity contribution in [1.29, 1.82) is 0 Å². The van der Waals surface area contributed by atoms with Crippen LogP contribution in [0.4, 0.5) is 5.69 Å². The number of anilines is 1. The largest absolute Gasteiger partial charge is 0.370 e. The molecule has 2 heterocycles. The molecule has 2 aromatic rings. The third kappa shape index (κ3) is 2.50. The number of nitrogens with two attached hydrogens (primary N) is 1. The lowest BCUT2D eigenvalue weighted by Crippen LogP contribution is -2.40. The fourth-order valence-corrected chi connectivity index (χ4v) is 3.21. The molecule has 0 bridgehead atoms. The third-order valence-electron chi connectivity index (χ3n) is 4.20. The second-order valence-corrected chi connectivity index (χ2v) is 6.54. The molecule has 0 atom stereocenters. The number of hydrogen-bond donors (Lipinski definition) is 1. The molecule has 3 nitrogen and oxygen atoms in total. The normalized spacial score (nSPS) is 18.4. The molecule has 0 spiro atoms. The first-order valence-electron chi connectivity index (χ1n) is 7.43. The van der Waals surface area contributed by atoms with Crippen molar-refractivity contribution >= 4 is 16.6 Å². The van der Waals surface area contributed by atoms with E-state index in [0.29, 0.717) is 12.0 Å². The van der Waals surface area contributed by atoms with Gasteiger partial charge in [0.2, 0.25) is 0 Å². The second kappa shape index (κ2) is 5.06. The maximum Gasteiger partial charge on any atom is 0.0726 e. The van der Waals surface area contributed by atoms with Crippen molar-refractivity contribution in [3.63, 3.8) is 0 Å². The van der Waals surface area contributed by atoms with Crippen molar-refractivity contribution in [2.45, 2.75) is 33.2 Å². The number of fused-ring (bicyclic) bond motifs is 1. The van der Waals surface area contributed by atoms with E-state index in [1.807, 2.05) is 6.07 Å². The summed E-state index contributed by atoms with van der Waals surface area (Å²) in [6.07, 6.45) is 2.55. The number of hydrogen-bond acceptors (Lipinski definition) is 3. The molecule has 20 heavy (non-hydrogen) atoms. The van der Waals surface area contributed by atoms with Gasteiger partial charge < -0.3 is 10.6 Å². The summed E-state index contributed by atoms with van der Waals surface area (Å²) in [7, 11) is 0. The molecule has 106 valence electrons. The summed E-state index contributed by atoms with van der Waals surface area (Å²) in [5, 5.41) is 1.24. The van der Waals surface area contributed by atoms with E-state index < -0.39 is 0 Å². The van der Waals surface area contributed by atoms with Crippen molar-refractivity contribution in [2.75, 3.05) is 18.0 Å². The van der Waals surface area contributed by atoms with Crippen LogP contribution in [-0.4, -0.2) is 18.1 Å². The predicted octanol–water partition coefficient (Wildman–Crippen LogP) is 3.32. The molecular weight excluding hydrogens is 246 g/mol. The number of aromatic nitrogens is 1. The van der Waals surface area contributed by atoms with E-state index in [1.165, 1.54) is 23.9 Å². The van der Waals surface area contributed by atoms with Gasteiger partial charge in [-0.15, -0.1) is 0 Å². The number of para-hydroxylation sites is 1. The number of rotatable bonds is 2. The first-order chi connectivity index (χ1) is 9.59. The molecule has 0 amide bonds. The van der Waals surface area contributed by atoms with E-state index in [2.05, 4.69) is 48.0 Å². The zero-order chi connectivity index (χ0) is 14.2. The Bertz CT molecular complexity index is 619. The van der Waals surface area contributed by atoms with Gasteiger partial charge in [0.15, 0.2) is 0 Å². The van der Waals surface area contributed by atoms with Crippen molar-refractivity contribution in [3.05, 3.63) is 36.0 Å². The summed E-state index contributed by atoms with van der Waals surface area (Å²) in [5.41, 5.74) is 9.51. The summed E-state index contributed by atoms with van der Waals surface area (Å²) in [6.45, 7) is 7.43. The van der Waals surface area contributed by atoms with Gasteiger partial charge in [-0.3, -0.25) is 4.98 Å². The fraction of sp³-hybridized carbons (Fsp3) is 0.471. The zero-order valence-electron chi connectivity index (χ0n) is 12.4. The van der Waals surface area contributed by atoms with E-state index in [0.717, 1.165) is 24.3 Å². The van der Waals surface area contributed by atoms with Gasteiger partial charge in [-0.2, -0.15) is 0 Å². The molecule has 1 aliphatic rings. The van der Waals surface area contributed by atoms with E-state index in [-0.39, 0.29) is 0 Å². The minimum absolute atomic E-state index is 0.380. The molecule has 1 aliphatic heterocycles. The van der Waals surface area contributed by atoms with Crippen LogP contribution in [0.25, 0.3) is 10.9 Å². The Morgan fingerprint density at radius 3 is 2.85 bits per heavy atom.